The van der Waals surface area contributed by atoms with Gasteiger partial charge in [0, 0.05) is 44.4 Å². The number of nitrogens with two attached hydrogens (primary N) is 1. The molecule has 4 atom stereocenters. The van der Waals surface area contributed by atoms with Crippen LogP contribution in [-0.4, -0.2) is 70.7 Å². The van der Waals surface area contributed by atoms with E-state index in [0.717, 1.165) is 24.1 Å². The molecular formula is C32H48N4O9S3. The molecule has 16 heteroatoms. The second-order valence-corrected chi connectivity index (χ2v) is 18.7. The molecule has 4 aliphatic carbocycles. The Labute approximate surface area is 287 Å². The number of nitrogens with zero attached hydrogens (tertiary/aromatic N) is 3. The minimum Gasteiger partial charge on any atom is -0.748 e. The van der Waals surface area contributed by atoms with Gasteiger partial charge in [-0.1, -0.05) is 39.0 Å². The van der Waals surface area contributed by atoms with Crippen molar-refractivity contribution < 1.29 is 45.2 Å². The van der Waals surface area contributed by atoms with E-state index in [1.807, 2.05) is 47.1 Å². The van der Waals surface area contributed by atoms with Gasteiger partial charge in [0.2, 0.25) is 5.51 Å². The molecule has 2 unspecified atom stereocenters. The summed E-state index contributed by atoms with van der Waals surface area (Å²) < 4.78 is 65.8. The maximum atomic E-state index is 11.9. The average Bonchev–Trinajstić information content (AvgIpc) is 3.60. The Morgan fingerprint density at radius 1 is 0.979 bits per heavy atom. The van der Waals surface area contributed by atoms with E-state index >= 15 is 0 Å². The zero-order valence-corrected chi connectivity index (χ0v) is 30.9. The number of Topliss-reactive ketones (excluding diaryl/α,β-unsaturated/α-hetero) is 2. The van der Waals surface area contributed by atoms with Crippen molar-refractivity contribution in [1.29, 1.82) is 0 Å². The topological polar surface area (TPSA) is 222 Å². The number of nitrogen functional groups attached to an aromatic ring is 1. The molecule has 2 heterocycles. The summed E-state index contributed by atoms with van der Waals surface area (Å²) >= 11 is 1.65. The minimum absolute atomic E-state index is 0.0152. The fourth-order valence-corrected chi connectivity index (χ4v) is 12.2. The SMILES string of the molecule is CC1(C)C2CC[C@]1(CS(=O)(=O)O)C(=O)C2.CC1(C)C2CC[C@]1(CS(=O)(=O)[O-])C(=O)C2.Cc1ncc(C[n+]2csc(CCO)c2C)c(N)n1. The molecular weight excluding hydrogens is 681 g/mol. The highest BCUT2D eigenvalue weighted by Crippen LogP contribution is 2.65. The molecule has 48 heavy (non-hydrogen) atoms. The predicted octanol–water partition coefficient (Wildman–Crippen LogP) is 2.80. The number of aliphatic hydroxyl groups excluding tert-OH is 1. The van der Waals surface area contributed by atoms with E-state index in [2.05, 4.69) is 14.5 Å². The number of carbonyl (C=O) groups is 2. The number of aryl methyl sites for hydroxylation is 1. The first-order valence-corrected chi connectivity index (χ1v) is 20.2. The lowest BCUT2D eigenvalue weighted by Gasteiger charge is -2.37. The van der Waals surface area contributed by atoms with Crippen molar-refractivity contribution in [3.63, 3.8) is 0 Å². The molecule has 0 amide bonds. The molecule has 2 aromatic rings. The molecule has 2 aromatic heterocycles. The van der Waals surface area contributed by atoms with Crippen molar-refractivity contribution in [1.82, 2.24) is 9.97 Å². The van der Waals surface area contributed by atoms with Crippen LogP contribution < -0.4 is 10.3 Å². The smallest absolute Gasteiger partial charge is 0.265 e. The van der Waals surface area contributed by atoms with E-state index in [0.29, 0.717) is 50.3 Å². The highest BCUT2D eigenvalue weighted by atomic mass is 32.2. The molecule has 4 fully saturated rings. The van der Waals surface area contributed by atoms with Gasteiger partial charge in [0.05, 0.1) is 37.5 Å². The zero-order valence-electron chi connectivity index (χ0n) is 28.5. The van der Waals surface area contributed by atoms with Gasteiger partial charge in [-0.3, -0.25) is 14.1 Å². The Morgan fingerprint density at radius 3 is 1.90 bits per heavy atom. The first-order chi connectivity index (χ1) is 22.0. The Kier molecular flexibility index (Phi) is 10.7. The average molecular weight is 729 g/mol. The summed E-state index contributed by atoms with van der Waals surface area (Å²) in [7, 11) is -8.40. The van der Waals surface area contributed by atoms with Crippen molar-refractivity contribution >= 4 is 49.0 Å². The van der Waals surface area contributed by atoms with E-state index in [9.17, 15) is 31.0 Å². The van der Waals surface area contributed by atoms with E-state index in [4.69, 9.17) is 15.4 Å². The van der Waals surface area contributed by atoms with Crippen molar-refractivity contribution in [2.75, 3.05) is 23.8 Å². The number of ketones is 2. The van der Waals surface area contributed by atoms with Gasteiger partial charge in [-0.2, -0.15) is 13.0 Å². The maximum Gasteiger partial charge on any atom is 0.265 e. The molecule has 4 N–H and O–H groups in total. The third-order valence-corrected chi connectivity index (χ3v) is 14.8. The first kappa shape index (κ1) is 38.4. The molecule has 4 saturated carbocycles. The van der Waals surface area contributed by atoms with Crippen LogP contribution in [0, 0.1) is 47.3 Å². The van der Waals surface area contributed by atoms with Gasteiger partial charge in [-0.25, -0.2) is 18.4 Å². The summed E-state index contributed by atoms with van der Waals surface area (Å²) in [5, 5.41) is 8.98. The van der Waals surface area contributed by atoms with Crippen LogP contribution in [0.3, 0.4) is 0 Å². The normalized spacial score (nSPS) is 28.2. The number of hydrogen-bond donors (Lipinski definition) is 3. The first-order valence-electron chi connectivity index (χ1n) is 16.1. The highest BCUT2D eigenvalue weighted by Gasteiger charge is 2.66. The Balaban J connectivity index is 0.000000164. The molecule has 0 aromatic carbocycles. The fourth-order valence-electron chi connectivity index (χ4n) is 8.60. The van der Waals surface area contributed by atoms with Crippen LogP contribution >= 0.6 is 11.3 Å². The Bertz CT molecular complexity index is 1710. The fraction of sp³-hybridized carbons (Fsp3) is 0.719. The van der Waals surface area contributed by atoms with E-state index in [1.165, 1.54) is 4.88 Å². The van der Waals surface area contributed by atoms with E-state index in [-0.39, 0.29) is 40.8 Å². The molecule has 6 rings (SSSR count). The third-order valence-electron chi connectivity index (χ3n) is 12.0. The van der Waals surface area contributed by atoms with Gasteiger partial charge in [-0.05, 0) is 55.3 Å². The van der Waals surface area contributed by atoms with Crippen molar-refractivity contribution in [2.45, 2.75) is 93.0 Å². The quantitative estimate of drug-likeness (QED) is 0.264. The Hall–Kier alpha value is -2.37. The maximum absolute atomic E-state index is 11.9. The highest BCUT2D eigenvalue weighted by molar-refractivity contribution is 7.86. The number of fused-ring (bicyclic) bond motifs is 4. The van der Waals surface area contributed by atoms with Gasteiger partial charge in [0.15, 0.2) is 12.2 Å². The Morgan fingerprint density at radius 2 is 1.50 bits per heavy atom. The molecule has 0 saturated heterocycles. The van der Waals surface area contributed by atoms with Crippen LogP contribution in [0.25, 0.3) is 0 Å². The largest absolute Gasteiger partial charge is 0.748 e. The number of rotatable bonds is 8. The van der Waals surface area contributed by atoms with Gasteiger partial charge in [-0.15, -0.1) is 0 Å². The van der Waals surface area contributed by atoms with Crippen LogP contribution in [0.4, 0.5) is 5.82 Å². The summed E-state index contributed by atoms with van der Waals surface area (Å²) in [6, 6.07) is 0. The van der Waals surface area contributed by atoms with E-state index in [1.54, 1.807) is 17.5 Å². The van der Waals surface area contributed by atoms with Crippen LogP contribution in [0.15, 0.2) is 11.7 Å². The second kappa shape index (κ2) is 13.4. The zero-order chi connectivity index (χ0) is 36.1. The van der Waals surface area contributed by atoms with Crippen molar-refractivity contribution in [2.24, 2.45) is 33.5 Å². The molecule has 0 aliphatic heterocycles. The number of carbonyl (C=O) groups excluding carboxylic acids is 2. The predicted molar refractivity (Wildman–Crippen MR) is 178 cm³/mol. The molecule has 0 spiro atoms. The van der Waals surface area contributed by atoms with Crippen LogP contribution in [-0.2, 0) is 42.8 Å². The number of hydrogen-bond acceptors (Lipinski definition) is 12. The molecule has 4 aliphatic rings. The van der Waals surface area contributed by atoms with Gasteiger partial charge in [0.25, 0.3) is 10.1 Å². The summed E-state index contributed by atoms with van der Waals surface area (Å²) in [5.41, 5.74) is 7.66. The van der Waals surface area contributed by atoms with Gasteiger partial charge < -0.3 is 15.4 Å². The van der Waals surface area contributed by atoms with Crippen molar-refractivity contribution in [3.8, 4) is 0 Å². The van der Waals surface area contributed by atoms with Gasteiger partial charge in [0.1, 0.15) is 23.2 Å². The van der Waals surface area contributed by atoms with Crippen LogP contribution in [0.1, 0.15) is 88.2 Å². The standard InChI is InChI=1S/C12H17N4OS.2C10H16O4S/c1-8-11(3-4-17)18-7-16(8)6-10-5-14-9(2)15-12(10)13;2*1-9(2)7-3-4-10(9,8(11)5-7)6-15(12,13)14/h5,7,17H,3-4,6H2,1-2H3,(H2,13,14,15);2*7H,3-6H2,1-2H3,(H,12,13,14)/q+1;;/p-1/t;2*7?,10-/m.00/s1. The number of aliphatic hydroxyl groups is 1. The minimum atomic E-state index is -4.33. The second-order valence-electron chi connectivity index (χ2n) is 14.9. The summed E-state index contributed by atoms with van der Waals surface area (Å²) in [6.45, 7) is 12.4. The van der Waals surface area contributed by atoms with Crippen LogP contribution in [0.2, 0.25) is 0 Å². The lowest BCUT2D eigenvalue weighted by molar-refractivity contribution is -0.689. The van der Waals surface area contributed by atoms with Crippen LogP contribution in [0.5, 0.6) is 0 Å². The molecule has 4 bridgehead atoms. The molecule has 13 nitrogen and oxygen atoms in total. The number of anilines is 1. The van der Waals surface area contributed by atoms with Crippen molar-refractivity contribution in [3.05, 3.63) is 33.7 Å². The summed E-state index contributed by atoms with van der Waals surface area (Å²) in [5.74, 6) is 0.835. The summed E-state index contributed by atoms with van der Waals surface area (Å²) in [6.07, 6.45) is 6.32. The molecule has 268 valence electrons. The summed E-state index contributed by atoms with van der Waals surface area (Å²) in [4.78, 5) is 33.2. The lowest BCUT2D eigenvalue weighted by Crippen LogP contribution is -2.42. The number of thiazole rings is 1. The van der Waals surface area contributed by atoms with E-state index < -0.39 is 42.6 Å². The number of aromatic nitrogens is 3. The third kappa shape index (κ3) is 7.24. The van der Waals surface area contributed by atoms with Gasteiger partial charge >= 0.3 is 0 Å². The lowest BCUT2D eigenvalue weighted by atomic mass is 9.70. The molecule has 0 radical (unpaired) electrons. The monoisotopic (exact) mass is 728 g/mol.